The van der Waals surface area contributed by atoms with E-state index in [2.05, 4.69) is 34.4 Å². The summed E-state index contributed by atoms with van der Waals surface area (Å²) in [6.07, 6.45) is -0.531. The maximum absolute atomic E-state index is 12.5. The third kappa shape index (κ3) is 3.92. The summed E-state index contributed by atoms with van der Waals surface area (Å²) in [6.45, 7) is 7.67. The van der Waals surface area contributed by atoms with Crippen LogP contribution < -0.4 is 15.4 Å². The molecule has 0 fully saturated rings. The molecule has 2 N–H and O–H groups in total. The van der Waals surface area contributed by atoms with Crippen LogP contribution >= 0.6 is 23.1 Å². The Hall–Kier alpha value is -2.65. The van der Waals surface area contributed by atoms with Crippen LogP contribution in [0.5, 0.6) is 5.75 Å². The van der Waals surface area contributed by atoms with Crippen molar-refractivity contribution in [3.05, 3.63) is 34.5 Å². The highest BCUT2D eigenvalue weighted by Crippen LogP contribution is 2.35. The van der Waals surface area contributed by atoms with Crippen molar-refractivity contribution in [2.75, 3.05) is 16.4 Å². The minimum absolute atomic E-state index is 0.152. The third-order valence-electron chi connectivity index (χ3n) is 4.64. The first-order valence-corrected chi connectivity index (χ1v) is 10.9. The largest absolute Gasteiger partial charge is 0.479 e. The van der Waals surface area contributed by atoms with Gasteiger partial charge in [-0.3, -0.25) is 9.59 Å². The second-order valence-electron chi connectivity index (χ2n) is 6.84. The molecule has 0 radical (unpaired) electrons. The molecule has 3 aromatic rings. The van der Waals surface area contributed by atoms with Gasteiger partial charge in [-0.05, 0) is 51.5 Å². The first-order chi connectivity index (χ1) is 13.8. The number of carbonyl (C=O) groups is 2. The molecule has 3 heterocycles. The lowest BCUT2D eigenvalue weighted by atomic mass is 10.2. The highest BCUT2D eigenvalue weighted by atomic mass is 32.2. The van der Waals surface area contributed by atoms with Crippen molar-refractivity contribution in [1.29, 1.82) is 0 Å². The lowest BCUT2D eigenvalue weighted by molar-refractivity contribution is -0.122. The predicted molar refractivity (Wildman–Crippen MR) is 116 cm³/mol. The number of aromatic nitrogens is 2. The molecule has 7 nitrogen and oxygen atoms in total. The number of hydrogen-bond acceptors (Lipinski definition) is 7. The maximum Gasteiger partial charge on any atom is 0.265 e. The number of thiophene rings is 1. The molecule has 4 rings (SSSR count). The van der Waals surface area contributed by atoms with E-state index >= 15 is 0 Å². The van der Waals surface area contributed by atoms with E-state index in [0.29, 0.717) is 22.9 Å². The number of carbonyl (C=O) groups excluding carboxylic acids is 2. The first kappa shape index (κ1) is 19.7. The van der Waals surface area contributed by atoms with Crippen LogP contribution in [0.15, 0.2) is 23.2 Å². The number of nitrogens with one attached hydrogen (secondary N) is 2. The van der Waals surface area contributed by atoms with E-state index in [0.717, 1.165) is 20.8 Å². The lowest BCUT2D eigenvalue weighted by Crippen LogP contribution is -2.34. The molecule has 0 spiro atoms. The Kier molecular flexibility index (Phi) is 5.18. The zero-order valence-corrected chi connectivity index (χ0v) is 18.1. The number of nitrogens with zero attached hydrogens (tertiary/aromatic N) is 2. The van der Waals surface area contributed by atoms with E-state index < -0.39 is 6.10 Å². The van der Waals surface area contributed by atoms with Crippen LogP contribution in [0.1, 0.15) is 23.2 Å². The molecule has 1 aliphatic heterocycles. The van der Waals surface area contributed by atoms with E-state index in [9.17, 15) is 9.59 Å². The molecule has 150 valence electrons. The van der Waals surface area contributed by atoms with Crippen molar-refractivity contribution in [2.45, 2.75) is 38.8 Å². The minimum atomic E-state index is -0.531. The van der Waals surface area contributed by atoms with Gasteiger partial charge in [0, 0.05) is 16.0 Å². The summed E-state index contributed by atoms with van der Waals surface area (Å²) in [5.41, 5.74) is 2.31. The van der Waals surface area contributed by atoms with Crippen LogP contribution in [0.25, 0.3) is 10.2 Å². The summed E-state index contributed by atoms with van der Waals surface area (Å²) >= 11 is 3.04. The van der Waals surface area contributed by atoms with Crippen molar-refractivity contribution >= 4 is 56.5 Å². The second-order valence-corrected chi connectivity index (χ2v) is 9.00. The Balaban J connectivity index is 1.47. The number of anilines is 2. The summed E-state index contributed by atoms with van der Waals surface area (Å²) in [6, 6.07) is 5.19. The molecule has 1 aromatic carbocycles. The molecular weight excluding hydrogens is 408 g/mol. The maximum atomic E-state index is 12.5. The van der Waals surface area contributed by atoms with Crippen molar-refractivity contribution in [2.24, 2.45) is 0 Å². The molecule has 29 heavy (non-hydrogen) atoms. The first-order valence-electron chi connectivity index (χ1n) is 9.10. The molecular formula is C20H20N4O3S2. The van der Waals surface area contributed by atoms with E-state index in [1.807, 2.05) is 6.92 Å². The van der Waals surface area contributed by atoms with Gasteiger partial charge in [-0.2, -0.15) is 0 Å². The van der Waals surface area contributed by atoms with Crippen molar-refractivity contribution in [3.63, 3.8) is 0 Å². The lowest BCUT2D eigenvalue weighted by Gasteiger charge is -2.23. The highest BCUT2D eigenvalue weighted by molar-refractivity contribution is 8.00. The van der Waals surface area contributed by atoms with E-state index in [1.165, 1.54) is 16.6 Å². The summed E-state index contributed by atoms with van der Waals surface area (Å²) < 4.78 is 5.53. The monoisotopic (exact) mass is 428 g/mol. The fraction of sp³-hybridized carbons (Fsp3) is 0.300. The normalized spacial score (nSPS) is 15.6. The molecule has 9 heteroatoms. The Bertz CT molecular complexity index is 1140. The molecule has 2 amide bonds. The topological polar surface area (TPSA) is 93.2 Å². The van der Waals surface area contributed by atoms with Gasteiger partial charge in [-0.15, -0.1) is 11.3 Å². The van der Waals surface area contributed by atoms with E-state index in [4.69, 9.17) is 4.74 Å². The molecule has 1 unspecified atom stereocenters. The number of hydrogen-bond donors (Lipinski definition) is 2. The number of amides is 2. The fourth-order valence-corrected chi connectivity index (χ4v) is 5.11. The molecule has 1 aliphatic rings. The summed E-state index contributed by atoms with van der Waals surface area (Å²) in [4.78, 5) is 35.5. The number of fused-ring (bicyclic) bond motifs is 2. The third-order valence-corrected chi connectivity index (χ3v) is 6.72. The SMILES string of the molecule is Cc1nc(SCC(=O)Nc2ccc3c(c2)NC(=O)C(C)O3)c2c(C)c(C)sc2n1. The van der Waals surface area contributed by atoms with Crippen LogP contribution in [0.2, 0.25) is 0 Å². The molecule has 0 aliphatic carbocycles. The van der Waals surface area contributed by atoms with Gasteiger partial charge >= 0.3 is 0 Å². The van der Waals surface area contributed by atoms with E-state index in [-0.39, 0.29) is 17.6 Å². The highest BCUT2D eigenvalue weighted by Gasteiger charge is 2.23. The average molecular weight is 429 g/mol. The predicted octanol–water partition coefficient (Wildman–Crippen LogP) is 4.07. The Morgan fingerprint density at radius 2 is 2.10 bits per heavy atom. The minimum Gasteiger partial charge on any atom is -0.479 e. The van der Waals surface area contributed by atoms with Gasteiger partial charge < -0.3 is 15.4 Å². The number of benzene rings is 1. The van der Waals surface area contributed by atoms with Gasteiger partial charge in [0.15, 0.2) is 6.10 Å². The van der Waals surface area contributed by atoms with Gasteiger partial charge in [0.1, 0.15) is 21.4 Å². The quantitative estimate of drug-likeness (QED) is 0.481. The summed E-state index contributed by atoms with van der Waals surface area (Å²) in [7, 11) is 0. The van der Waals surface area contributed by atoms with Gasteiger partial charge in [0.25, 0.3) is 5.91 Å². The summed E-state index contributed by atoms with van der Waals surface area (Å²) in [5.74, 6) is 1.14. The standard InChI is InChI=1S/C20H20N4O3S2/c1-9-11(3)29-20-17(9)19(21-12(4)22-20)28-8-16(25)23-13-5-6-15-14(7-13)24-18(26)10(2)27-15/h5-7,10H,8H2,1-4H3,(H,23,25)(H,24,26). The van der Waals surface area contributed by atoms with Crippen LogP contribution in [0.4, 0.5) is 11.4 Å². The Morgan fingerprint density at radius 3 is 2.90 bits per heavy atom. The molecule has 0 saturated heterocycles. The van der Waals surface area contributed by atoms with Crippen LogP contribution in [0.3, 0.4) is 0 Å². The molecule has 0 saturated carbocycles. The second kappa shape index (κ2) is 7.64. The molecule has 2 aromatic heterocycles. The van der Waals surface area contributed by atoms with Crippen LogP contribution in [-0.2, 0) is 9.59 Å². The number of rotatable bonds is 4. The number of thioether (sulfide) groups is 1. The van der Waals surface area contributed by atoms with Crippen LogP contribution in [0, 0.1) is 20.8 Å². The van der Waals surface area contributed by atoms with Crippen LogP contribution in [-0.4, -0.2) is 33.6 Å². The number of aryl methyl sites for hydroxylation is 3. The zero-order chi connectivity index (χ0) is 20.7. The smallest absolute Gasteiger partial charge is 0.265 e. The Morgan fingerprint density at radius 1 is 1.31 bits per heavy atom. The van der Waals surface area contributed by atoms with E-state index in [1.54, 1.807) is 36.5 Å². The van der Waals surface area contributed by atoms with Gasteiger partial charge in [-0.25, -0.2) is 9.97 Å². The molecule has 0 bridgehead atoms. The van der Waals surface area contributed by atoms with Gasteiger partial charge in [0.05, 0.1) is 11.4 Å². The Labute approximate surface area is 176 Å². The van der Waals surface area contributed by atoms with Gasteiger partial charge in [-0.1, -0.05) is 11.8 Å². The van der Waals surface area contributed by atoms with Gasteiger partial charge in [0.2, 0.25) is 5.91 Å². The fourth-order valence-electron chi connectivity index (χ4n) is 3.04. The van der Waals surface area contributed by atoms with Crippen molar-refractivity contribution < 1.29 is 14.3 Å². The van der Waals surface area contributed by atoms with Crippen molar-refractivity contribution in [3.8, 4) is 5.75 Å². The van der Waals surface area contributed by atoms with Crippen molar-refractivity contribution in [1.82, 2.24) is 9.97 Å². The number of ether oxygens (including phenoxy) is 1. The zero-order valence-electron chi connectivity index (χ0n) is 16.5. The average Bonchev–Trinajstić information content (AvgIpc) is 2.94. The summed E-state index contributed by atoms with van der Waals surface area (Å²) in [5, 5.41) is 7.49. The molecule has 1 atom stereocenters.